The zero-order valence-electron chi connectivity index (χ0n) is 32.8. The molecule has 1 aliphatic carbocycles. The minimum atomic E-state index is -0.613. The van der Waals surface area contributed by atoms with Crippen molar-refractivity contribution in [1.82, 2.24) is 24.5 Å². The van der Waals surface area contributed by atoms with Crippen LogP contribution >= 0.6 is 0 Å². The summed E-state index contributed by atoms with van der Waals surface area (Å²) in [4.78, 5) is 18.9. The molecular formula is C55H37N5. The highest BCUT2D eigenvalue weighted by Crippen LogP contribution is 2.56. The van der Waals surface area contributed by atoms with Gasteiger partial charge in [-0.15, -0.1) is 0 Å². The van der Waals surface area contributed by atoms with Crippen molar-refractivity contribution in [2.45, 2.75) is 12.3 Å². The average molecular weight is 768 g/mol. The van der Waals surface area contributed by atoms with E-state index in [1.165, 1.54) is 44.3 Å². The monoisotopic (exact) mass is 767 g/mol. The van der Waals surface area contributed by atoms with E-state index in [-0.39, 0.29) is 0 Å². The summed E-state index contributed by atoms with van der Waals surface area (Å²) < 4.78 is 2.31. The zero-order chi connectivity index (χ0) is 39.8. The fourth-order valence-electron chi connectivity index (χ4n) is 9.92. The third-order valence-corrected chi connectivity index (χ3v) is 12.4. The molecule has 0 atom stereocenters. The van der Waals surface area contributed by atoms with Crippen LogP contribution in [-0.4, -0.2) is 24.5 Å². The van der Waals surface area contributed by atoms with Gasteiger partial charge in [0.05, 0.1) is 27.7 Å². The Morgan fingerprint density at radius 2 is 1.22 bits per heavy atom. The Bertz CT molecular complexity index is 3410. The fraction of sp³-hybridized carbons (Fsp3) is 0.0364. The number of H-pyrrole nitrogens is 1. The second-order valence-electron chi connectivity index (χ2n) is 15.7. The van der Waals surface area contributed by atoms with Gasteiger partial charge in [-0.1, -0.05) is 121 Å². The van der Waals surface area contributed by atoms with Crippen molar-refractivity contribution < 1.29 is 0 Å². The number of imidazole rings is 1. The summed E-state index contributed by atoms with van der Waals surface area (Å²) in [5, 5.41) is 2.34. The predicted octanol–water partition coefficient (Wildman–Crippen LogP) is 13.1. The molecule has 0 unspecified atom stereocenters. The van der Waals surface area contributed by atoms with Crippen LogP contribution in [0.3, 0.4) is 0 Å². The molecule has 60 heavy (non-hydrogen) atoms. The normalized spacial score (nSPS) is 12.9. The first-order valence-corrected chi connectivity index (χ1v) is 20.4. The molecule has 4 heterocycles. The molecule has 0 saturated carbocycles. The molecule has 7 aromatic carbocycles. The molecule has 0 fully saturated rings. The lowest BCUT2D eigenvalue weighted by atomic mass is 9.69. The number of nitrogens with one attached hydrogen (secondary N) is 1. The van der Waals surface area contributed by atoms with Crippen molar-refractivity contribution in [2.24, 2.45) is 0 Å². The number of aromatic amines is 1. The number of fused-ring (bicyclic) bond motifs is 7. The van der Waals surface area contributed by atoms with Gasteiger partial charge in [-0.2, -0.15) is 0 Å². The summed E-state index contributed by atoms with van der Waals surface area (Å²) in [5.74, 6) is 0.876. The summed E-state index contributed by atoms with van der Waals surface area (Å²) in [6, 6.07) is 65.4. The van der Waals surface area contributed by atoms with E-state index in [9.17, 15) is 0 Å². The molecular weight excluding hydrogens is 731 g/mol. The number of para-hydroxylation sites is 3. The van der Waals surface area contributed by atoms with E-state index in [0.717, 1.165) is 66.9 Å². The summed E-state index contributed by atoms with van der Waals surface area (Å²) in [5.41, 5.74) is 18.4. The molecule has 1 aliphatic rings. The zero-order valence-corrected chi connectivity index (χ0v) is 32.8. The molecule has 5 heteroatoms. The van der Waals surface area contributed by atoms with Crippen molar-refractivity contribution in [3.63, 3.8) is 0 Å². The molecule has 0 radical (unpaired) electrons. The van der Waals surface area contributed by atoms with Crippen LogP contribution in [0.2, 0.25) is 0 Å². The molecule has 5 nitrogen and oxygen atoms in total. The highest BCUT2D eigenvalue weighted by atomic mass is 15.1. The van der Waals surface area contributed by atoms with Gasteiger partial charge in [0.2, 0.25) is 0 Å². The maximum Gasteiger partial charge on any atom is 0.147 e. The number of hydrogen-bond acceptors (Lipinski definition) is 3. The first-order valence-electron chi connectivity index (χ1n) is 20.4. The van der Waals surface area contributed by atoms with Gasteiger partial charge in [-0.25, -0.2) is 4.98 Å². The van der Waals surface area contributed by atoms with Gasteiger partial charge in [-0.05, 0) is 118 Å². The van der Waals surface area contributed by atoms with Crippen LogP contribution in [0.25, 0.3) is 83.3 Å². The molecule has 11 aromatic rings. The van der Waals surface area contributed by atoms with Crippen molar-refractivity contribution >= 4 is 32.8 Å². The van der Waals surface area contributed by atoms with Crippen molar-refractivity contribution in [1.29, 1.82) is 0 Å². The van der Waals surface area contributed by atoms with E-state index in [4.69, 9.17) is 9.97 Å². The lowest BCUT2D eigenvalue weighted by Gasteiger charge is -2.33. The quantitative estimate of drug-likeness (QED) is 0.183. The van der Waals surface area contributed by atoms with Gasteiger partial charge < -0.3 is 4.98 Å². The lowest BCUT2D eigenvalue weighted by molar-refractivity contribution is 0.733. The smallest absolute Gasteiger partial charge is 0.147 e. The maximum absolute atomic E-state index is 5.65. The molecule has 282 valence electrons. The minimum Gasteiger partial charge on any atom is -0.354 e. The van der Waals surface area contributed by atoms with Crippen LogP contribution in [0.4, 0.5) is 0 Å². The van der Waals surface area contributed by atoms with Crippen molar-refractivity contribution in [3.8, 4) is 50.5 Å². The van der Waals surface area contributed by atoms with E-state index in [2.05, 4.69) is 203 Å². The third kappa shape index (κ3) is 4.96. The number of pyridine rings is 2. The van der Waals surface area contributed by atoms with Crippen LogP contribution in [0.1, 0.15) is 27.9 Å². The summed E-state index contributed by atoms with van der Waals surface area (Å²) >= 11 is 0. The minimum absolute atomic E-state index is 0.613. The highest BCUT2D eigenvalue weighted by molar-refractivity contribution is 6.17. The molecule has 1 N–H and O–H groups in total. The Kier molecular flexibility index (Phi) is 7.59. The SMILES string of the molecule is Cc1ccnc(C2(c3cccc(-c4cccc5c4nc(-c4cccc6c4[nH]c4cccc(-c7ccncc7)c46)n5-c4ccccc4)c3)c3ccccc3-c3ccccc32)c1. The molecule has 0 amide bonds. The number of nitrogens with zero attached hydrogens (tertiary/aromatic N) is 4. The highest BCUT2D eigenvalue weighted by Gasteiger charge is 2.47. The molecule has 0 saturated heterocycles. The van der Waals surface area contributed by atoms with Crippen LogP contribution < -0.4 is 0 Å². The van der Waals surface area contributed by atoms with Gasteiger partial charge in [0, 0.05) is 51.7 Å². The molecule has 12 rings (SSSR count). The van der Waals surface area contributed by atoms with E-state index in [1.54, 1.807) is 0 Å². The lowest BCUT2D eigenvalue weighted by Crippen LogP contribution is -2.30. The second-order valence-corrected chi connectivity index (χ2v) is 15.7. The van der Waals surface area contributed by atoms with E-state index in [0.29, 0.717) is 0 Å². The number of aryl methyl sites for hydroxylation is 1. The van der Waals surface area contributed by atoms with E-state index >= 15 is 0 Å². The van der Waals surface area contributed by atoms with Gasteiger partial charge in [0.15, 0.2) is 0 Å². The largest absolute Gasteiger partial charge is 0.354 e. The second kappa shape index (κ2) is 13.3. The first-order chi connectivity index (χ1) is 29.7. The van der Waals surface area contributed by atoms with Crippen molar-refractivity contribution in [3.05, 3.63) is 229 Å². The summed E-state index contributed by atoms with van der Waals surface area (Å²) in [6.45, 7) is 2.15. The standard InChI is InChI=1S/C55H37N5/c1-35-27-32-57-50(33-35)55(46-23-7-5-17-42(46)43-18-6-8-24-47(43)55)38-14-9-13-37(34-38)41-20-12-26-49-53(41)59-54(60(49)39-15-3-2-4-16-39)45-22-10-21-44-51-40(36-28-30-56-31-29-36)19-11-25-48(51)58-52(44)45/h2-34,58H,1H3. The number of hydrogen-bond donors (Lipinski definition) is 1. The van der Waals surface area contributed by atoms with Crippen LogP contribution in [0.15, 0.2) is 201 Å². The van der Waals surface area contributed by atoms with E-state index in [1.807, 2.05) is 18.6 Å². The van der Waals surface area contributed by atoms with Gasteiger partial charge >= 0.3 is 0 Å². The Morgan fingerprint density at radius 3 is 2.02 bits per heavy atom. The summed E-state index contributed by atoms with van der Waals surface area (Å²) in [7, 11) is 0. The first kappa shape index (κ1) is 34.2. The topological polar surface area (TPSA) is 59.4 Å². The van der Waals surface area contributed by atoms with Crippen molar-refractivity contribution in [2.75, 3.05) is 0 Å². The molecule has 4 aromatic heterocycles. The van der Waals surface area contributed by atoms with Gasteiger partial charge in [-0.3, -0.25) is 14.5 Å². The van der Waals surface area contributed by atoms with E-state index < -0.39 is 5.41 Å². The van der Waals surface area contributed by atoms with Crippen LogP contribution in [0.5, 0.6) is 0 Å². The fourth-order valence-corrected chi connectivity index (χ4v) is 9.92. The van der Waals surface area contributed by atoms with Gasteiger partial charge in [0.1, 0.15) is 5.82 Å². The summed E-state index contributed by atoms with van der Waals surface area (Å²) in [6.07, 6.45) is 5.66. The van der Waals surface area contributed by atoms with Crippen LogP contribution in [-0.2, 0) is 5.41 Å². The van der Waals surface area contributed by atoms with Crippen LogP contribution in [0, 0.1) is 6.92 Å². The number of benzene rings is 7. The Hall–Kier alpha value is -7.89. The number of aromatic nitrogens is 5. The third-order valence-electron chi connectivity index (χ3n) is 12.4. The molecule has 0 spiro atoms. The Labute approximate surface area is 347 Å². The molecule has 0 bridgehead atoms. The predicted molar refractivity (Wildman–Crippen MR) is 244 cm³/mol. The Balaban J connectivity index is 1.10. The van der Waals surface area contributed by atoms with Gasteiger partial charge in [0.25, 0.3) is 0 Å². The average Bonchev–Trinajstić information content (AvgIpc) is 3.99. The Morgan fingerprint density at radius 1 is 0.533 bits per heavy atom. The maximum atomic E-state index is 5.65. The molecule has 0 aliphatic heterocycles. The number of rotatable bonds is 6.